The summed E-state index contributed by atoms with van der Waals surface area (Å²) in [5, 5.41) is 18.1. The van der Waals surface area contributed by atoms with Crippen molar-refractivity contribution in [3.8, 4) is 0 Å². The van der Waals surface area contributed by atoms with Gasteiger partial charge < -0.3 is 19.7 Å². The van der Waals surface area contributed by atoms with Crippen LogP contribution in [0.1, 0.15) is 40.5 Å². The van der Waals surface area contributed by atoms with Crippen LogP contribution >= 0.6 is 0 Å². The van der Waals surface area contributed by atoms with Crippen LogP contribution in [0, 0.1) is 5.41 Å². The molecule has 1 aliphatic rings. The third-order valence-corrected chi connectivity index (χ3v) is 3.87. The molecule has 0 aliphatic carbocycles. The molecule has 0 aromatic carbocycles. The molecule has 0 fully saturated rings. The lowest BCUT2D eigenvalue weighted by molar-refractivity contribution is -0.166. The van der Waals surface area contributed by atoms with Gasteiger partial charge in [-0.25, -0.2) is 9.79 Å². The van der Waals surface area contributed by atoms with Crippen LogP contribution in [0.15, 0.2) is 4.99 Å². The first kappa shape index (κ1) is 16.9. The number of cyclic esters (lactones) is 1. The van der Waals surface area contributed by atoms with Crippen LogP contribution in [0.3, 0.4) is 0 Å². The summed E-state index contributed by atoms with van der Waals surface area (Å²) in [5.41, 5.74) is -1.27. The molecule has 0 aromatic heterocycles. The lowest BCUT2D eigenvalue weighted by Crippen LogP contribution is -2.56. The summed E-state index contributed by atoms with van der Waals surface area (Å²) in [4.78, 5) is 16.4. The summed E-state index contributed by atoms with van der Waals surface area (Å²) in [7, 11) is 1.50. The van der Waals surface area contributed by atoms with Crippen molar-refractivity contribution in [3.63, 3.8) is 0 Å². The molecule has 1 aliphatic heterocycles. The zero-order chi connectivity index (χ0) is 15.6. The monoisotopic (exact) mass is 287 g/mol. The number of nitrogens with zero attached hydrogens (tertiary/aromatic N) is 1. The second kappa shape index (κ2) is 6.10. The Balaban J connectivity index is 2.94. The van der Waals surface area contributed by atoms with Crippen molar-refractivity contribution in [2.75, 3.05) is 13.7 Å². The van der Waals surface area contributed by atoms with Gasteiger partial charge in [0.15, 0.2) is 11.6 Å². The van der Waals surface area contributed by atoms with Crippen LogP contribution in [0.5, 0.6) is 0 Å². The smallest absolute Gasteiger partial charge is 0.332 e. The van der Waals surface area contributed by atoms with E-state index in [1.807, 2.05) is 20.8 Å². The number of hydrogen-bond acceptors (Lipinski definition) is 6. The van der Waals surface area contributed by atoms with Gasteiger partial charge in [0.1, 0.15) is 0 Å². The summed E-state index contributed by atoms with van der Waals surface area (Å²) >= 11 is 0. The minimum atomic E-state index is -0.912. The molecule has 116 valence electrons. The maximum Gasteiger partial charge on any atom is 0.332 e. The van der Waals surface area contributed by atoms with E-state index < -0.39 is 23.7 Å². The van der Waals surface area contributed by atoms with Crippen LogP contribution in [0.2, 0.25) is 0 Å². The molecule has 3 atom stereocenters. The van der Waals surface area contributed by atoms with Crippen LogP contribution < -0.4 is 0 Å². The first-order valence-corrected chi connectivity index (χ1v) is 6.79. The summed E-state index contributed by atoms with van der Waals surface area (Å²) in [6.07, 6.45) is -0.253. The predicted octanol–water partition coefficient (Wildman–Crippen LogP) is 0.895. The predicted molar refractivity (Wildman–Crippen MR) is 74.5 cm³/mol. The number of ether oxygens (including phenoxy) is 2. The van der Waals surface area contributed by atoms with E-state index in [1.54, 1.807) is 6.92 Å². The molecule has 6 nitrogen and oxygen atoms in total. The van der Waals surface area contributed by atoms with Crippen LogP contribution in [0.4, 0.5) is 0 Å². The van der Waals surface area contributed by atoms with Crippen molar-refractivity contribution in [1.82, 2.24) is 0 Å². The lowest BCUT2D eigenvalue weighted by atomic mass is 9.76. The summed E-state index contributed by atoms with van der Waals surface area (Å²) in [5.74, 6) is -0.0403. The SMILES string of the molecule is COC1=N[C@H](CC[C@H](O)CO)C(=O)O[C@@]1(C)C(C)(C)C. The molecule has 1 heterocycles. The van der Waals surface area contributed by atoms with Gasteiger partial charge in [0, 0.05) is 5.41 Å². The van der Waals surface area contributed by atoms with Crippen molar-refractivity contribution in [2.24, 2.45) is 10.4 Å². The fourth-order valence-corrected chi connectivity index (χ4v) is 1.98. The highest BCUT2D eigenvalue weighted by Gasteiger charge is 2.51. The molecule has 0 saturated carbocycles. The maximum atomic E-state index is 12.1. The maximum absolute atomic E-state index is 12.1. The van der Waals surface area contributed by atoms with E-state index >= 15 is 0 Å². The van der Waals surface area contributed by atoms with Gasteiger partial charge in [0.25, 0.3) is 0 Å². The Morgan fingerprint density at radius 2 is 2.10 bits per heavy atom. The zero-order valence-corrected chi connectivity index (χ0v) is 12.8. The van der Waals surface area contributed by atoms with Gasteiger partial charge in [0.05, 0.1) is 19.8 Å². The van der Waals surface area contributed by atoms with Crippen molar-refractivity contribution < 1.29 is 24.5 Å². The van der Waals surface area contributed by atoms with Gasteiger partial charge in [-0.15, -0.1) is 0 Å². The van der Waals surface area contributed by atoms with E-state index in [0.29, 0.717) is 12.3 Å². The van der Waals surface area contributed by atoms with E-state index in [2.05, 4.69) is 4.99 Å². The second-order valence-electron chi connectivity index (χ2n) is 6.27. The Kier molecular flexibility index (Phi) is 5.15. The minimum Gasteiger partial charge on any atom is -0.481 e. The molecule has 1 rings (SSSR count). The molecular weight excluding hydrogens is 262 g/mol. The number of aliphatic imine (C=N–C) groups is 1. The Hall–Kier alpha value is -1.14. The molecule has 0 bridgehead atoms. The molecular formula is C14H25NO5. The zero-order valence-electron chi connectivity index (χ0n) is 12.8. The molecule has 0 radical (unpaired) electrons. The third kappa shape index (κ3) is 3.30. The normalized spacial score (nSPS) is 28.6. The first-order valence-electron chi connectivity index (χ1n) is 6.79. The molecule has 2 N–H and O–H groups in total. The Labute approximate surface area is 119 Å². The van der Waals surface area contributed by atoms with E-state index in [9.17, 15) is 9.90 Å². The number of methoxy groups -OCH3 is 1. The average molecular weight is 287 g/mol. The highest BCUT2D eigenvalue weighted by atomic mass is 16.6. The second-order valence-corrected chi connectivity index (χ2v) is 6.27. The summed E-state index contributed by atoms with van der Waals surface area (Å²) in [6, 6.07) is -0.693. The molecule has 0 saturated heterocycles. The van der Waals surface area contributed by atoms with Crippen LogP contribution in [-0.2, 0) is 14.3 Å². The van der Waals surface area contributed by atoms with Gasteiger partial charge in [-0.05, 0) is 19.8 Å². The minimum absolute atomic E-state index is 0.281. The molecule has 6 heteroatoms. The number of aliphatic hydroxyl groups is 2. The number of hydrogen-bond donors (Lipinski definition) is 2. The quantitative estimate of drug-likeness (QED) is 0.750. The van der Waals surface area contributed by atoms with Gasteiger partial charge in [-0.1, -0.05) is 20.8 Å². The van der Waals surface area contributed by atoms with Crippen molar-refractivity contribution in [2.45, 2.75) is 58.3 Å². The number of carbonyl (C=O) groups excluding carboxylic acids is 1. The van der Waals surface area contributed by atoms with Crippen LogP contribution in [0.25, 0.3) is 0 Å². The standard InChI is InChI=1S/C14H25NO5/c1-13(2,3)14(4)12(19-5)15-10(11(18)20-14)7-6-9(17)8-16/h9-10,16-17H,6-8H2,1-5H3/t9-,10+,14+/m0/s1. The highest BCUT2D eigenvalue weighted by Crippen LogP contribution is 2.38. The van der Waals surface area contributed by atoms with E-state index in [-0.39, 0.29) is 18.4 Å². The van der Waals surface area contributed by atoms with E-state index in [1.165, 1.54) is 7.11 Å². The molecule has 0 unspecified atom stereocenters. The average Bonchev–Trinajstić information content (AvgIpc) is 2.36. The Morgan fingerprint density at radius 3 is 2.55 bits per heavy atom. The third-order valence-electron chi connectivity index (χ3n) is 3.87. The largest absolute Gasteiger partial charge is 0.481 e. The summed E-state index contributed by atoms with van der Waals surface area (Å²) < 4.78 is 10.9. The molecule has 20 heavy (non-hydrogen) atoms. The van der Waals surface area contributed by atoms with Gasteiger partial charge in [-0.3, -0.25) is 0 Å². The van der Waals surface area contributed by atoms with Crippen LogP contribution in [-0.4, -0.2) is 53.5 Å². The van der Waals surface area contributed by atoms with Crippen molar-refractivity contribution in [1.29, 1.82) is 0 Å². The fourth-order valence-electron chi connectivity index (χ4n) is 1.98. The number of aliphatic hydroxyl groups excluding tert-OH is 2. The molecule has 0 aromatic rings. The highest BCUT2D eigenvalue weighted by molar-refractivity contribution is 5.94. The van der Waals surface area contributed by atoms with E-state index in [0.717, 1.165) is 0 Å². The Morgan fingerprint density at radius 1 is 1.50 bits per heavy atom. The first-order chi connectivity index (χ1) is 9.15. The number of carbonyl (C=O) groups is 1. The molecule has 0 spiro atoms. The van der Waals surface area contributed by atoms with Gasteiger partial charge in [-0.2, -0.15) is 0 Å². The van der Waals surface area contributed by atoms with Gasteiger partial charge in [0.2, 0.25) is 5.90 Å². The van der Waals surface area contributed by atoms with Gasteiger partial charge >= 0.3 is 5.97 Å². The van der Waals surface area contributed by atoms with Crippen molar-refractivity contribution in [3.05, 3.63) is 0 Å². The number of rotatable bonds is 4. The molecule has 0 amide bonds. The van der Waals surface area contributed by atoms with E-state index in [4.69, 9.17) is 14.6 Å². The van der Waals surface area contributed by atoms with Crippen molar-refractivity contribution >= 4 is 11.9 Å². The topological polar surface area (TPSA) is 88.4 Å². The fraction of sp³-hybridized carbons (Fsp3) is 0.857. The lowest BCUT2D eigenvalue weighted by Gasteiger charge is -2.43. The summed E-state index contributed by atoms with van der Waals surface area (Å²) in [6.45, 7) is 7.30. The Bertz CT molecular complexity index is 388. The number of esters is 1.